The average Bonchev–Trinajstić information content (AvgIpc) is 2.60. The van der Waals surface area contributed by atoms with Crippen molar-refractivity contribution in [2.24, 2.45) is 11.8 Å². The number of piperidine rings is 1. The van der Waals surface area contributed by atoms with Crippen LogP contribution in [0, 0.1) is 11.8 Å². The predicted molar refractivity (Wildman–Crippen MR) is 96.9 cm³/mol. The third kappa shape index (κ3) is 5.73. The van der Waals surface area contributed by atoms with E-state index >= 15 is 0 Å². The Morgan fingerprint density at radius 3 is 2.46 bits per heavy atom. The third-order valence-corrected chi connectivity index (χ3v) is 5.39. The second kappa shape index (κ2) is 8.42. The van der Waals surface area contributed by atoms with Gasteiger partial charge >= 0.3 is 6.18 Å². The Labute approximate surface area is 153 Å². The monoisotopic (exact) mass is 370 g/mol. The highest BCUT2D eigenvalue weighted by Crippen LogP contribution is 2.32. The summed E-state index contributed by atoms with van der Waals surface area (Å²) in [5.41, 5.74) is -0.664. The summed E-state index contributed by atoms with van der Waals surface area (Å²) in [5, 5.41) is 6.23. The van der Waals surface area contributed by atoms with E-state index in [1.54, 1.807) is 6.07 Å². The standard InChI is InChI=1S/C20H29F3N2O/c1-14(15-7-9-24-10-8-15)11-18(26)25-13-19(2,3)16-5-4-6-17(12-16)20(21,22)23/h4-6,12,14-15,24H,7-11,13H2,1-3H3,(H,25,26). The molecule has 1 aromatic carbocycles. The van der Waals surface area contributed by atoms with Crippen molar-refractivity contribution in [3.8, 4) is 0 Å². The van der Waals surface area contributed by atoms with E-state index < -0.39 is 17.2 Å². The summed E-state index contributed by atoms with van der Waals surface area (Å²) in [6.45, 7) is 8.11. The van der Waals surface area contributed by atoms with Crippen LogP contribution in [-0.4, -0.2) is 25.5 Å². The molecule has 1 aliphatic rings. The van der Waals surface area contributed by atoms with Gasteiger partial charge in [-0.15, -0.1) is 0 Å². The van der Waals surface area contributed by atoms with Crippen LogP contribution in [0.2, 0.25) is 0 Å². The van der Waals surface area contributed by atoms with Gasteiger partial charge in [0.1, 0.15) is 0 Å². The van der Waals surface area contributed by atoms with Crippen LogP contribution in [0.4, 0.5) is 13.2 Å². The minimum absolute atomic E-state index is 0.0314. The van der Waals surface area contributed by atoms with Gasteiger partial charge in [0.25, 0.3) is 0 Å². The van der Waals surface area contributed by atoms with Crippen LogP contribution >= 0.6 is 0 Å². The molecule has 1 atom stereocenters. The van der Waals surface area contributed by atoms with Crippen molar-refractivity contribution in [3.05, 3.63) is 35.4 Å². The maximum atomic E-state index is 12.9. The SMILES string of the molecule is CC(CC(=O)NCC(C)(C)c1cccc(C(F)(F)F)c1)C1CCNCC1. The molecule has 0 radical (unpaired) electrons. The van der Waals surface area contributed by atoms with E-state index in [1.165, 1.54) is 12.1 Å². The normalized spacial score (nSPS) is 17.8. The van der Waals surface area contributed by atoms with Gasteiger partial charge in [-0.25, -0.2) is 0 Å². The van der Waals surface area contributed by atoms with Gasteiger partial charge in [0.2, 0.25) is 5.91 Å². The van der Waals surface area contributed by atoms with E-state index in [4.69, 9.17) is 0 Å². The van der Waals surface area contributed by atoms with Crippen molar-refractivity contribution in [3.63, 3.8) is 0 Å². The first kappa shape index (κ1) is 20.7. The summed E-state index contributed by atoms with van der Waals surface area (Å²) in [7, 11) is 0. The zero-order valence-corrected chi connectivity index (χ0v) is 15.7. The quantitative estimate of drug-likeness (QED) is 0.791. The van der Waals surface area contributed by atoms with E-state index in [0.717, 1.165) is 32.0 Å². The number of rotatable bonds is 6. The van der Waals surface area contributed by atoms with Crippen molar-refractivity contribution >= 4 is 5.91 Å². The average molecular weight is 370 g/mol. The number of halogens is 3. The lowest BCUT2D eigenvalue weighted by Crippen LogP contribution is -2.38. The Balaban J connectivity index is 1.91. The van der Waals surface area contributed by atoms with E-state index in [0.29, 0.717) is 30.4 Å². The van der Waals surface area contributed by atoms with Gasteiger partial charge in [-0.1, -0.05) is 39.0 Å². The fourth-order valence-corrected chi connectivity index (χ4v) is 3.48. The van der Waals surface area contributed by atoms with E-state index in [2.05, 4.69) is 17.6 Å². The summed E-state index contributed by atoms with van der Waals surface area (Å²) in [6, 6.07) is 5.34. The molecule has 0 spiro atoms. The highest BCUT2D eigenvalue weighted by atomic mass is 19.4. The first-order valence-electron chi connectivity index (χ1n) is 9.25. The van der Waals surface area contributed by atoms with Crippen LogP contribution in [0.3, 0.4) is 0 Å². The molecule has 1 aromatic rings. The lowest BCUT2D eigenvalue weighted by Gasteiger charge is -2.29. The summed E-state index contributed by atoms with van der Waals surface area (Å²) >= 11 is 0. The molecule has 6 heteroatoms. The third-order valence-electron chi connectivity index (χ3n) is 5.39. The van der Waals surface area contributed by atoms with Crippen molar-refractivity contribution in [2.45, 2.75) is 51.6 Å². The number of nitrogens with one attached hydrogen (secondary N) is 2. The summed E-state index contributed by atoms with van der Waals surface area (Å²) in [4.78, 5) is 12.3. The van der Waals surface area contributed by atoms with E-state index in [1.807, 2.05) is 13.8 Å². The van der Waals surface area contributed by atoms with Gasteiger partial charge in [0.05, 0.1) is 5.56 Å². The predicted octanol–water partition coefficient (Wildman–Crippen LogP) is 4.13. The maximum Gasteiger partial charge on any atom is 0.416 e. The zero-order valence-electron chi connectivity index (χ0n) is 15.7. The Morgan fingerprint density at radius 1 is 1.23 bits per heavy atom. The Hall–Kier alpha value is -1.56. The van der Waals surface area contributed by atoms with Crippen LogP contribution < -0.4 is 10.6 Å². The molecule has 0 aromatic heterocycles. The molecule has 1 heterocycles. The topological polar surface area (TPSA) is 41.1 Å². The van der Waals surface area contributed by atoms with Crippen molar-refractivity contribution < 1.29 is 18.0 Å². The second-order valence-electron chi connectivity index (χ2n) is 8.01. The first-order valence-corrected chi connectivity index (χ1v) is 9.25. The van der Waals surface area contributed by atoms with E-state index in [-0.39, 0.29) is 5.91 Å². The molecule has 1 aliphatic heterocycles. The van der Waals surface area contributed by atoms with Crippen LogP contribution in [0.15, 0.2) is 24.3 Å². The largest absolute Gasteiger partial charge is 0.416 e. The van der Waals surface area contributed by atoms with Gasteiger partial charge < -0.3 is 10.6 Å². The van der Waals surface area contributed by atoms with Crippen LogP contribution in [-0.2, 0) is 16.4 Å². The molecule has 2 rings (SSSR count). The van der Waals surface area contributed by atoms with Gasteiger partial charge in [-0.05, 0) is 49.4 Å². The molecule has 1 unspecified atom stereocenters. The van der Waals surface area contributed by atoms with Crippen molar-refractivity contribution in [1.82, 2.24) is 10.6 Å². The maximum absolute atomic E-state index is 12.9. The van der Waals surface area contributed by atoms with Crippen molar-refractivity contribution in [1.29, 1.82) is 0 Å². The molecule has 3 nitrogen and oxygen atoms in total. The zero-order chi connectivity index (χ0) is 19.4. The van der Waals surface area contributed by atoms with Crippen LogP contribution in [0.1, 0.15) is 51.2 Å². The highest BCUT2D eigenvalue weighted by molar-refractivity contribution is 5.76. The Kier molecular flexibility index (Phi) is 6.72. The lowest BCUT2D eigenvalue weighted by atomic mass is 9.82. The molecular weight excluding hydrogens is 341 g/mol. The summed E-state index contributed by atoms with van der Waals surface area (Å²) in [6.07, 6.45) is -1.72. The fraction of sp³-hybridized carbons (Fsp3) is 0.650. The minimum Gasteiger partial charge on any atom is -0.355 e. The molecule has 2 N–H and O–H groups in total. The van der Waals surface area contributed by atoms with E-state index in [9.17, 15) is 18.0 Å². The number of alkyl halides is 3. The number of hydrogen-bond acceptors (Lipinski definition) is 2. The number of benzene rings is 1. The highest BCUT2D eigenvalue weighted by Gasteiger charge is 2.32. The van der Waals surface area contributed by atoms with Gasteiger partial charge in [0, 0.05) is 18.4 Å². The van der Waals surface area contributed by atoms with Gasteiger partial charge in [-0.3, -0.25) is 4.79 Å². The summed E-state index contributed by atoms with van der Waals surface area (Å²) < 4.78 is 38.7. The van der Waals surface area contributed by atoms with Crippen molar-refractivity contribution in [2.75, 3.05) is 19.6 Å². The molecule has 1 saturated heterocycles. The second-order valence-corrected chi connectivity index (χ2v) is 8.01. The summed E-state index contributed by atoms with van der Waals surface area (Å²) in [5.74, 6) is 0.836. The molecular formula is C20H29F3N2O. The molecule has 0 aliphatic carbocycles. The fourth-order valence-electron chi connectivity index (χ4n) is 3.48. The number of hydrogen-bond donors (Lipinski definition) is 2. The molecule has 146 valence electrons. The minimum atomic E-state index is -4.36. The molecule has 26 heavy (non-hydrogen) atoms. The first-order chi connectivity index (χ1) is 12.1. The lowest BCUT2D eigenvalue weighted by molar-refractivity contribution is -0.137. The van der Waals surface area contributed by atoms with Gasteiger partial charge in [0.15, 0.2) is 0 Å². The Morgan fingerprint density at radius 2 is 1.85 bits per heavy atom. The number of carbonyl (C=O) groups is 1. The number of carbonyl (C=O) groups excluding carboxylic acids is 1. The molecule has 1 amide bonds. The Bertz CT molecular complexity index is 607. The molecule has 0 saturated carbocycles. The molecule has 0 bridgehead atoms. The van der Waals surface area contributed by atoms with Crippen LogP contribution in [0.5, 0.6) is 0 Å². The van der Waals surface area contributed by atoms with Gasteiger partial charge in [-0.2, -0.15) is 13.2 Å². The molecule has 1 fully saturated rings. The van der Waals surface area contributed by atoms with Crippen LogP contribution in [0.25, 0.3) is 0 Å². The smallest absolute Gasteiger partial charge is 0.355 e. The number of amides is 1.